The first kappa shape index (κ1) is 37.0. The molecule has 8 rings (SSSR count). The monoisotopic (exact) mass is 743 g/mol. The molecule has 5 heterocycles. The summed E-state index contributed by atoms with van der Waals surface area (Å²) < 4.78 is 56.2. The van der Waals surface area contributed by atoms with E-state index in [1.807, 2.05) is 18.7 Å². The van der Waals surface area contributed by atoms with Gasteiger partial charge in [0.05, 0.1) is 29.7 Å². The molecule has 288 valence electrons. The lowest BCUT2D eigenvalue weighted by atomic mass is 9.94. The second kappa shape index (κ2) is 15.3. The van der Waals surface area contributed by atoms with Crippen LogP contribution in [0.15, 0.2) is 42.1 Å². The summed E-state index contributed by atoms with van der Waals surface area (Å²) in [6.45, 7) is 7.38. The standard InChI is InChI=1S/C42H51F2N5O5/c1-4-31-34(43)12-11-28-19-30(54-26-51-3)20-32(35(28)31)37-36(44)38-33(21-45-37)39(48-17-7-14-41(2,50)24-48)47-40(46-38)53-25-42-15-8-18-49(42)29(13-16-42)23-52-22-27-9-5-6-10-27/h9,11-12,19-21,29,50H,4-8,10,13-18,22-26H2,1-3H3/t29-,41+,42-/m0/s1. The third-order valence-corrected chi connectivity index (χ3v) is 11.9. The molecule has 1 aliphatic carbocycles. The average Bonchev–Trinajstić information content (AvgIpc) is 3.91. The first-order valence-corrected chi connectivity index (χ1v) is 19.5. The zero-order valence-corrected chi connectivity index (χ0v) is 31.6. The van der Waals surface area contributed by atoms with Crippen molar-refractivity contribution < 1.29 is 32.8 Å². The highest BCUT2D eigenvalue weighted by Gasteiger charge is 2.50. The minimum Gasteiger partial charge on any atom is -0.468 e. The van der Waals surface area contributed by atoms with E-state index < -0.39 is 11.4 Å². The van der Waals surface area contributed by atoms with Crippen molar-refractivity contribution in [1.29, 1.82) is 0 Å². The molecule has 2 aromatic carbocycles. The molecule has 1 N–H and O–H groups in total. The third kappa shape index (κ3) is 7.13. The van der Waals surface area contributed by atoms with E-state index in [1.54, 1.807) is 24.4 Å². The summed E-state index contributed by atoms with van der Waals surface area (Å²) in [4.78, 5) is 18.8. The summed E-state index contributed by atoms with van der Waals surface area (Å²) in [5.74, 6) is -0.136. The first-order valence-electron chi connectivity index (χ1n) is 19.5. The molecule has 54 heavy (non-hydrogen) atoms. The summed E-state index contributed by atoms with van der Waals surface area (Å²) in [7, 11) is 1.52. The molecule has 10 nitrogen and oxygen atoms in total. The number of fused-ring (bicyclic) bond motifs is 3. The number of rotatable bonds is 13. The minimum atomic E-state index is -0.941. The van der Waals surface area contributed by atoms with Crippen molar-refractivity contribution in [3.05, 3.63) is 59.3 Å². The fraction of sp³-hybridized carbons (Fsp3) is 0.548. The molecule has 3 aliphatic heterocycles. The maximum Gasteiger partial charge on any atom is 0.319 e. The Hall–Kier alpha value is -3.97. The van der Waals surface area contributed by atoms with Crippen LogP contribution in [0.2, 0.25) is 0 Å². The van der Waals surface area contributed by atoms with Crippen LogP contribution < -0.4 is 14.4 Å². The van der Waals surface area contributed by atoms with Gasteiger partial charge in [-0.15, -0.1) is 0 Å². The molecule has 0 unspecified atom stereocenters. The van der Waals surface area contributed by atoms with Crippen LogP contribution in [0.5, 0.6) is 11.8 Å². The highest BCUT2D eigenvalue weighted by Crippen LogP contribution is 2.44. The van der Waals surface area contributed by atoms with Crippen molar-refractivity contribution in [2.24, 2.45) is 0 Å². The maximum atomic E-state index is 17.3. The van der Waals surface area contributed by atoms with Crippen LogP contribution in [0.1, 0.15) is 77.2 Å². The highest BCUT2D eigenvalue weighted by atomic mass is 19.1. The number of benzene rings is 2. The van der Waals surface area contributed by atoms with Gasteiger partial charge in [0.25, 0.3) is 0 Å². The molecule has 12 heteroatoms. The van der Waals surface area contributed by atoms with Gasteiger partial charge in [-0.3, -0.25) is 9.88 Å². The van der Waals surface area contributed by atoms with E-state index in [4.69, 9.17) is 28.9 Å². The fourth-order valence-electron chi connectivity index (χ4n) is 9.33. The molecule has 2 aromatic heterocycles. The Balaban J connectivity index is 1.17. The molecule has 0 radical (unpaired) electrons. The number of β-amino-alcohol motifs (C(OH)–C–C–N with tert-alkyl or cyclic N) is 1. The van der Waals surface area contributed by atoms with Crippen molar-refractivity contribution >= 4 is 27.5 Å². The summed E-state index contributed by atoms with van der Waals surface area (Å²) >= 11 is 0. The second-order valence-electron chi connectivity index (χ2n) is 15.8. The number of aliphatic hydroxyl groups is 1. The fourth-order valence-corrected chi connectivity index (χ4v) is 9.33. The average molecular weight is 744 g/mol. The molecule has 4 aliphatic rings. The number of pyridine rings is 1. The van der Waals surface area contributed by atoms with E-state index in [-0.39, 0.29) is 35.4 Å². The number of hydrogen-bond donors (Lipinski definition) is 1. The Morgan fingerprint density at radius 3 is 2.70 bits per heavy atom. The number of aromatic nitrogens is 3. The number of nitrogens with zero attached hydrogens (tertiary/aromatic N) is 5. The Bertz CT molecular complexity index is 2060. The Kier molecular flexibility index (Phi) is 10.5. The van der Waals surface area contributed by atoms with Gasteiger partial charge in [0.2, 0.25) is 0 Å². The van der Waals surface area contributed by atoms with Gasteiger partial charge in [-0.1, -0.05) is 19.1 Å². The van der Waals surface area contributed by atoms with Crippen LogP contribution in [0.25, 0.3) is 32.9 Å². The number of piperidine rings is 1. The number of allylic oxidation sites excluding steroid dienone is 1. The SMILES string of the molecule is CCc1c(F)ccc2cc(OCOC)cc(-c3ncc4c(N5CCC[C@@](C)(O)C5)nc(OC[C@@]56CCCN5[C@H](COCC5=CCCC5)CC6)nc4c3F)c12. The summed E-state index contributed by atoms with van der Waals surface area (Å²) in [6, 6.07) is 6.96. The minimum absolute atomic E-state index is 0.0116. The number of methoxy groups -OCH3 is 1. The lowest BCUT2D eigenvalue weighted by Gasteiger charge is -2.38. The number of halogens is 2. The van der Waals surface area contributed by atoms with Crippen molar-refractivity contribution in [2.75, 3.05) is 58.3 Å². The lowest BCUT2D eigenvalue weighted by Crippen LogP contribution is -2.48. The van der Waals surface area contributed by atoms with Crippen LogP contribution in [0.3, 0.4) is 0 Å². The largest absolute Gasteiger partial charge is 0.468 e. The van der Waals surface area contributed by atoms with E-state index in [0.717, 1.165) is 51.5 Å². The molecule has 0 bridgehead atoms. The summed E-state index contributed by atoms with van der Waals surface area (Å²) in [5.41, 5.74) is 1.22. The van der Waals surface area contributed by atoms with Crippen molar-refractivity contribution in [3.8, 4) is 23.0 Å². The number of anilines is 1. The number of hydrogen-bond acceptors (Lipinski definition) is 10. The van der Waals surface area contributed by atoms with Gasteiger partial charge in [0.15, 0.2) is 12.6 Å². The van der Waals surface area contributed by atoms with Crippen LogP contribution in [-0.2, 0) is 15.9 Å². The Morgan fingerprint density at radius 2 is 1.91 bits per heavy atom. The first-order chi connectivity index (χ1) is 26.2. The van der Waals surface area contributed by atoms with Crippen LogP contribution in [-0.4, -0.2) is 95.5 Å². The molecule has 0 amide bonds. The predicted octanol–water partition coefficient (Wildman–Crippen LogP) is 7.52. The quantitative estimate of drug-likeness (QED) is 0.109. The van der Waals surface area contributed by atoms with Crippen LogP contribution in [0, 0.1) is 11.6 Å². The molecule has 3 atom stereocenters. The van der Waals surface area contributed by atoms with Crippen LogP contribution in [0.4, 0.5) is 14.6 Å². The topological polar surface area (TPSA) is 102 Å². The van der Waals surface area contributed by atoms with Gasteiger partial charge in [-0.05, 0) is 118 Å². The summed E-state index contributed by atoms with van der Waals surface area (Å²) in [5, 5.41) is 12.7. The van der Waals surface area contributed by atoms with Crippen LogP contribution >= 0.6 is 0 Å². The van der Waals surface area contributed by atoms with Crippen molar-refractivity contribution in [2.45, 2.75) is 95.2 Å². The zero-order valence-electron chi connectivity index (χ0n) is 31.6. The van der Waals surface area contributed by atoms with Crippen molar-refractivity contribution in [1.82, 2.24) is 19.9 Å². The smallest absolute Gasteiger partial charge is 0.319 e. The Morgan fingerprint density at radius 1 is 1.04 bits per heavy atom. The number of aryl methyl sites for hydroxylation is 1. The van der Waals surface area contributed by atoms with Gasteiger partial charge in [-0.2, -0.15) is 9.97 Å². The van der Waals surface area contributed by atoms with Gasteiger partial charge in [-0.25, -0.2) is 8.78 Å². The molecule has 0 spiro atoms. The lowest BCUT2D eigenvalue weighted by molar-refractivity contribution is 0.0417. The molecule has 4 aromatic rings. The van der Waals surface area contributed by atoms with E-state index in [9.17, 15) is 5.11 Å². The van der Waals surface area contributed by atoms with Gasteiger partial charge >= 0.3 is 6.01 Å². The molecule has 0 saturated carbocycles. The molecule has 3 saturated heterocycles. The molecular formula is C42H51F2N5O5. The zero-order chi connectivity index (χ0) is 37.5. The van der Waals surface area contributed by atoms with E-state index in [0.29, 0.717) is 90.6 Å². The van der Waals surface area contributed by atoms with Gasteiger partial charge in [0.1, 0.15) is 35.2 Å². The maximum absolute atomic E-state index is 17.3. The number of ether oxygens (including phenoxy) is 4. The highest BCUT2D eigenvalue weighted by molar-refractivity contribution is 6.01. The Labute approximate surface area is 315 Å². The van der Waals surface area contributed by atoms with E-state index in [1.165, 1.54) is 25.2 Å². The second-order valence-corrected chi connectivity index (χ2v) is 15.8. The van der Waals surface area contributed by atoms with Gasteiger partial charge < -0.3 is 29.0 Å². The molecule has 3 fully saturated rings. The van der Waals surface area contributed by atoms with Crippen molar-refractivity contribution in [3.63, 3.8) is 0 Å². The molecular weight excluding hydrogens is 692 g/mol. The van der Waals surface area contributed by atoms with E-state index in [2.05, 4.69) is 16.0 Å². The normalized spacial score (nSPS) is 24.4. The predicted molar refractivity (Wildman–Crippen MR) is 204 cm³/mol. The van der Waals surface area contributed by atoms with Gasteiger partial charge in [0, 0.05) is 38.0 Å². The third-order valence-electron chi connectivity index (χ3n) is 11.9. The summed E-state index contributed by atoms with van der Waals surface area (Å²) in [6.07, 6.45) is 13.3. The van der Waals surface area contributed by atoms with E-state index >= 15 is 8.78 Å².